The largest absolute Gasteiger partial charge is 0.310 e. The molecule has 0 radical (unpaired) electrons. The number of halogens is 2. The summed E-state index contributed by atoms with van der Waals surface area (Å²) in [5.41, 5.74) is 3.78. The molecule has 2 aromatic rings. The lowest BCUT2D eigenvalue weighted by Crippen LogP contribution is -2.24. The molecule has 0 aliphatic heterocycles. The fraction of sp³-hybridized carbons (Fsp3) is 0.333. The summed E-state index contributed by atoms with van der Waals surface area (Å²) >= 11 is 10.00. The molecule has 2 aromatic carbocycles. The maximum atomic E-state index is 6.48. The molecule has 0 fully saturated rings. The Kier molecular flexibility index (Phi) is 6.28. The molecule has 3 heteroatoms. The normalized spacial score (nSPS) is 12.4. The Morgan fingerprint density at radius 1 is 1.19 bits per heavy atom. The van der Waals surface area contributed by atoms with Gasteiger partial charge in [0.2, 0.25) is 0 Å². The Labute approximate surface area is 140 Å². The van der Waals surface area contributed by atoms with Crippen molar-refractivity contribution in [3.8, 4) is 0 Å². The summed E-state index contributed by atoms with van der Waals surface area (Å²) in [6.07, 6.45) is 2.05. The van der Waals surface area contributed by atoms with Crippen molar-refractivity contribution in [1.29, 1.82) is 0 Å². The van der Waals surface area contributed by atoms with Crippen LogP contribution in [0.3, 0.4) is 0 Å². The second-order valence-corrected chi connectivity index (χ2v) is 6.58. The zero-order chi connectivity index (χ0) is 15.2. The van der Waals surface area contributed by atoms with Gasteiger partial charge < -0.3 is 5.32 Å². The highest BCUT2D eigenvalue weighted by atomic mass is 79.9. The molecule has 112 valence electrons. The predicted octanol–water partition coefficient (Wildman–Crippen LogP) is 5.69. The molecule has 0 spiro atoms. The SMILES string of the molecule is CCCNC(Cc1cccc(C)c1)c1cccc(Br)c1Cl. The van der Waals surface area contributed by atoms with E-state index in [0.717, 1.165) is 34.4 Å². The molecule has 0 heterocycles. The van der Waals surface area contributed by atoms with E-state index in [9.17, 15) is 0 Å². The minimum atomic E-state index is 0.233. The van der Waals surface area contributed by atoms with Gasteiger partial charge in [0.05, 0.1) is 5.02 Å². The molecule has 2 rings (SSSR count). The number of hydrogen-bond acceptors (Lipinski definition) is 1. The van der Waals surface area contributed by atoms with Gasteiger partial charge in [-0.1, -0.05) is 60.5 Å². The van der Waals surface area contributed by atoms with Crippen molar-refractivity contribution in [2.45, 2.75) is 32.7 Å². The smallest absolute Gasteiger partial charge is 0.0595 e. The van der Waals surface area contributed by atoms with Crippen LogP contribution in [0.15, 0.2) is 46.9 Å². The van der Waals surface area contributed by atoms with Crippen molar-refractivity contribution < 1.29 is 0 Å². The summed E-state index contributed by atoms with van der Waals surface area (Å²) in [5, 5.41) is 4.42. The van der Waals surface area contributed by atoms with Crippen LogP contribution < -0.4 is 5.32 Å². The Hall–Kier alpha value is -0.830. The molecule has 1 unspecified atom stereocenters. The van der Waals surface area contributed by atoms with Gasteiger partial charge in [-0.05, 0) is 59.4 Å². The van der Waals surface area contributed by atoms with Crippen LogP contribution in [-0.2, 0) is 6.42 Å². The second-order valence-electron chi connectivity index (χ2n) is 5.34. The zero-order valence-electron chi connectivity index (χ0n) is 12.5. The Morgan fingerprint density at radius 2 is 1.95 bits per heavy atom. The average molecular weight is 367 g/mol. The van der Waals surface area contributed by atoms with E-state index in [-0.39, 0.29) is 6.04 Å². The van der Waals surface area contributed by atoms with Crippen molar-refractivity contribution in [1.82, 2.24) is 5.32 Å². The number of nitrogens with one attached hydrogen (secondary N) is 1. The van der Waals surface area contributed by atoms with Gasteiger partial charge in [0, 0.05) is 10.5 Å². The summed E-state index contributed by atoms with van der Waals surface area (Å²) in [6.45, 7) is 5.29. The lowest BCUT2D eigenvalue weighted by atomic mass is 9.97. The first kappa shape index (κ1) is 16.5. The van der Waals surface area contributed by atoms with Gasteiger partial charge in [-0.2, -0.15) is 0 Å². The molecule has 0 amide bonds. The molecule has 1 N–H and O–H groups in total. The molecule has 0 saturated carbocycles. The summed E-state index contributed by atoms with van der Waals surface area (Å²) in [4.78, 5) is 0. The first-order valence-electron chi connectivity index (χ1n) is 7.34. The van der Waals surface area contributed by atoms with E-state index in [4.69, 9.17) is 11.6 Å². The maximum absolute atomic E-state index is 6.48. The third-order valence-electron chi connectivity index (χ3n) is 3.52. The molecular formula is C18H21BrClN. The van der Waals surface area contributed by atoms with Crippen LogP contribution in [0.2, 0.25) is 5.02 Å². The van der Waals surface area contributed by atoms with Crippen LogP contribution in [-0.4, -0.2) is 6.54 Å². The van der Waals surface area contributed by atoms with Crippen LogP contribution in [0.5, 0.6) is 0 Å². The highest BCUT2D eigenvalue weighted by molar-refractivity contribution is 9.10. The molecule has 1 nitrogen and oxygen atoms in total. The molecule has 0 aliphatic carbocycles. The van der Waals surface area contributed by atoms with E-state index < -0.39 is 0 Å². The third kappa shape index (κ3) is 4.57. The third-order valence-corrected chi connectivity index (χ3v) is 4.83. The fourth-order valence-electron chi connectivity index (χ4n) is 2.48. The molecule has 1 atom stereocenters. The molecule has 0 bridgehead atoms. The van der Waals surface area contributed by atoms with Crippen LogP contribution >= 0.6 is 27.5 Å². The van der Waals surface area contributed by atoms with E-state index in [0.29, 0.717) is 0 Å². The van der Waals surface area contributed by atoms with Crippen LogP contribution in [0, 0.1) is 6.92 Å². The molecule has 0 saturated heterocycles. The van der Waals surface area contributed by atoms with E-state index in [2.05, 4.69) is 65.4 Å². The quantitative estimate of drug-likeness (QED) is 0.692. The van der Waals surface area contributed by atoms with Gasteiger partial charge in [0.15, 0.2) is 0 Å². The lowest BCUT2D eigenvalue weighted by molar-refractivity contribution is 0.529. The van der Waals surface area contributed by atoms with E-state index in [1.807, 2.05) is 12.1 Å². The van der Waals surface area contributed by atoms with Crippen molar-refractivity contribution in [3.05, 3.63) is 68.7 Å². The zero-order valence-corrected chi connectivity index (χ0v) is 14.8. The monoisotopic (exact) mass is 365 g/mol. The second kappa shape index (κ2) is 7.98. The van der Waals surface area contributed by atoms with Crippen molar-refractivity contribution >= 4 is 27.5 Å². The van der Waals surface area contributed by atoms with E-state index in [1.54, 1.807) is 0 Å². The number of aryl methyl sites for hydroxylation is 1. The average Bonchev–Trinajstić information content (AvgIpc) is 2.47. The van der Waals surface area contributed by atoms with Gasteiger partial charge >= 0.3 is 0 Å². The Balaban J connectivity index is 2.27. The highest BCUT2D eigenvalue weighted by Gasteiger charge is 2.16. The summed E-state index contributed by atoms with van der Waals surface area (Å²) in [5.74, 6) is 0. The van der Waals surface area contributed by atoms with Crippen LogP contribution in [0.4, 0.5) is 0 Å². The van der Waals surface area contributed by atoms with Crippen LogP contribution in [0.25, 0.3) is 0 Å². The number of hydrogen-bond donors (Lipinski definition) is 1. The van der Waals surface area contributed by atoms with E-state index >= 15 is 0 Å². The lowest BCUT2D eigenvalue weighted by Gasteiger charge is -2.21. The van der Waals surface area contributed by atoms with Gasteiger partial charge in [-0.15, -0.1) is 0 Å². The minimum Gasteiger partial charge on any atom is -0.310 e. The predicted molar refractivity (Wildman–Crippen MR) is 95.1 cm³/mol. The van der Waals surface area contributed by atoms with Crippen molar-refractivity contribution in [3.63, 3.8) is 0 Å². The number of benzene rings is 2. The fourth-order valence-corrected chi connectivity index (χ4v) is 3.11. The standard InChI is InChI=1S/C18H21BrClN/c1-3-10-21-17(12-14-7-4-6-13(2)11-14)15-8-5-9-16(19)18(15)20/h4-9,11,17,21H,3,10,12H2,1-2H3. The van der Waals surface area contributed by atoms with E-state index in [1.165, 1.54) is 11.1 Å². The molecule has 0 aliphatic rings. The minimum absolute atomic E-state index is 0.233. The number of rotatable bonds is 6. The van der Waals surface area contributed by atoms with Gasteiger partial charge in [-0.25, -0.2) is 0 Å². The van der Waals surface area contributed by atoms with Crippen molar-refractivity contribution in [2.24, 2.45) is 0 Å². The van der Waals surface area contributed by atoms with Crippen molar-refractivity contribution in [2.75, 3.05) is 6.54 Å². The summed E-state index contributed by atoms with van der Waals surface area (Å²) in [6, 6.07) is 15.0. The Morgan fingerprint density at radius 3 is 2.67 bits per heavy atom. The molecule has 0 aromatic heterocycles. The summed E-state index contributed by atoms with van der Waals surface area (Å²) < 4.78 is 0.953. The highest BCUT2D eigenvalue weighted by Crippen LogP contribution is 2.31. The first-order chi connectivity index (χ1) is 10.1. The van der Waals surface area contributed by atoms with Crippen LogP contribution in [0.1, 0.15) is 36.1 Å². The Bertz CT molecular complexity index is 598. The topological polar surface area (TPSA) is 12.0 Å². The summed E-state index contributed by atoms with van der Waals surface area (Å²) in [7, 11) is 0. The van der Waals surface area contributed by atoms with Gasteiger partial charge in [0.1, 0.15) is 0 Å². The maximum Gasteiger partial charge on any atom is 0.0595 e. The molecule has 21 heavy (non-hydrogen) atoms. The van der Waals surface area contributed by atoms with Gasteiger partial charge in [0.25, 0.3) is 0 Å². The first-order valence-corrected chi connectivity index (χ1v) is 8.51. The molecular weight excluding hydrogens is 346 g/mol. The van der Waals surface area contributed by atoms with Gasteiger partial charge in [-0.3, -0.25) is 0 Å².